The van der Waals surface area contributed by atoms with E-state index in [1.165, 1.54) is 0 Å². The van der Waals surface area contributed by atoms with Crippen molar-refractivity contribution in [2.45, 2.75) is 27.3 Å². The van der Waals surface area contributed by atoms with Crippen molar-refractivity contribution < 1.29 is 9.32 Å². The molecule has 1 amide bonds. The number of aromatic nitrogens is 3. The first kappa shape index (κ1) is 16.2. The van der Waals surface area contributed by atoms with Crippen LogP contribution in [0.2, 0.25) is 0 Å². The molecule has 1 aromatic carbocycles. The topological polar surface area (TPSA) is 105 Å². The number of benzene rings is 1. The summed E-state index contributed by atoms with van der Waals surface area (Å²) in [4.78, 5) is 25.2. The number of fused-ring (bicyclic) bond motifs is 2. The molecule has 3 heterocycles. The molecule has 0 bridgehead atoms. The molecule has 4 rings (SSSR count). The summed E-state index contributed by atoms with van der Waals surface area (Å²) in [7, 11) is 0. The Bertz CT molecular complexity index is 1030. The summed E-state index contributed by atoms with van der Waals surface area (Å²) in [6.07, 6.45) is 3.30. The average molecular weight is 350 g/mol. The van der Waals surface area contributed by atoms with E-state index in [0.717, 1.165) is 22.5 Å². The third-order valence-electron chi connectivity index (χ3n) is 4.03. The predicted octanol–water partition coefficient (Wildman–Crippen LogP) is 2.97. The van der Waals surface area contributed by atoms with E-state index < -0.39 is 5.41 Å². The number of rotatable bonds is 2. The van der Waals surface area contributed by atoms with Crippen molar-refractivity contribution in [3.8, 4) is 0 Å². The molecule has 1 aliphatic heterocycles. The lowest BCUT2D eigenvalue weighted by atomic mass is 9.96. The number of hydrogen-bond acceptors (Lipinski definition) is 7. The Kier molecular flexibility index (Phi) is 3.68. The van der Waals surface area contributed by atoms with Crippen LogP contribution >= 0.6 is 0 Å². The van der Waals surface area contributed by atoms with Gasteiger partial charge in [-0.2, -0.15) is 0 Å². The summed E-state index contributed by atoms with van der Waals surface area (Å²) in [6, 6.07) is 5.54. The van der Waals surface area contributed by atoms with Crippen LogP contribution in [-0.4, -0.2) is 26.9 Å². The van der Waals surface area contributed by atoms with E-state index >= 15 is 0 Å². The van der Waals surface area contributed by atoms with Crippen molar-refractivity contribution in [3.05, 3.63) is 42.0 Å². The number of carbonyl (C=O) groups is 1. The largest absolute Gasteiger partial charge is 0.354 e. The zero-order chi connectivity index (χ0) is 18.3. The lowest BCUT2D eigenvalue weighted by Crippen LogP contribution is -2.27. The summed E-state index contributed by atoms with van der Waals surface area (Å²) >= 11 is 0. The fourth-order valence-corrected chi connectivity index (χ4v) is 2.55. The molecule has 3 aromatic rings. The summed E-state index contributed by atoms with van der Waals surface area (Å²) in [5.41, 5.74) is 2.45. The Morgan fingerprint density at radius 3 is 2.81 bits per heavy atom. The molecule has 0 atom stereocenters. The molecule has 0 saturated carbocycles. The lowest BCUT2D eigenvalue weighted by Gasteiger charge is -2.16. The molecule has 26 heavy (non-hydrogen) atoms. The van der Waals surface area contributed by atoms with Gasteiger partial charge in [-0.3, -0.25) is 14.8 Å². The van der Waals surface area contributed by atoms with Gasteiger partial charge in [0.15, 0.2) is 17.2 Å². The predicted molar refractivity (Wildman–Crippen MR) is 98.0 cm³/mol. The van der Waals surface area contributed by atoms with Crippen LogP contribution in [0.15, 0.2) is 40.1 Å². The second-order valence-corrected chi connectivity index (χ2v) is 7.09. The van der Waals surface area contributed by atoms with Gasteiger partial charge in [-0.05, 0) is 12.1 Å². The van der Waals surface area contributed by atoms with Crippen LogP contribution in [0.3, 0.4) is 0 Å². The number of aliphatic imine (C=N–C) groups is 1. The monoisotopic (exact) mass is 350 g/mol. The van der Waals surface area contributed by atoms with Gasteiger partial charge in [-0.1, -0.05) is 25.9 Å². The van der Waals surface area contributed by atoms with Gasteiger partial charge in [-0.25, -0.2) is 4.98 Å². The fraction of sp³-hybridized carbons (Fsp3) is 0.278. The standard InChI is InChI=1S/C18H18N6O2/c1-18(2,3)17(25)23-15-11-5-4-10(8-13(11)26-24-15)22-16-14-12(9-21-16)19-6-7-20-14/h4-8H,9H2,1-3H3,(H,21,22)(H,23,24,25). The van der Waals surface area contributed by atoms with Crippen molar-refractivity contribution in [3.63, 3.8) is 0 Å². The zero-order valence-corrected chi connectivity index (χ0v) is 14.7. The van der Waals surface area contributed by atoms with E-state index in [4.69, 9.17) is 4.52 Å². The van der Waals surface area contributed by atoms with Gasteiger partial charge in [0.2, 0.25) is 5.91 Å². The Morgan fingerprint density at radius 1 is 1.19 bits per heavy atom. The quantitative estimate of drug-likeness (QED) is 0.736. The lowest BCUT2D eigenvalue weighted by molar-refractivity contribution is -0.123. The Morgan fingerprint density at radius 2 is 2.00 bits per heavy atom. The molecule has 8 nitrogen and oxygen atoms in total. The highest BCUT2D eigenvalue weighted by Gasteiger charge is 2.23. The number of amidine groups is 1. The molecule has 0 spiro atoms. The molecule has 8 heteroatoms. The van der Waals surface area contributed by atoms with E-state index in [9.17, 15) is 4.79 Å². The van der Waals surface area contributed by atoms with E-state index in [-0.39, 0.29) is 5.91 Å². The van der Waals surface area contributed by atoms with E-state index in [0.29, 0.717) is 23.8 Å². The summed E-state index contributed by atoms with van der Waals surface area (Å²) in [5.74, 6) is 0.972. The van der Waals surface area contributed by atoms with Gasteiger partial charge < -0.3 is 15.2 Å². The number of amides is 1. The molecule has 0 radical (unpaired) electrons. The Balaban J connectivity index is 1.57. The van der Waals surface area contributed by atoms with Gasteiger partial charge in [0.1, 0.15) is 5.69 Å². The first-order valence-electron chi connectivity index (χ1n) is 8.24. The van der Waals surface area contributed by atoms with Gasteiger partial charge >= 0.3 is 0 Å². The molecular formula is C18H18N6O2. The number of carbonyl (C=O) groups excluding carboxylic acids is 1. The summed E-state index contributed by atoms with van der Waals surface area (Å²) in [5, 5.41) is 10.7. The Hall–Kier alpha value is -3.29. The molecule has 0 unspecified atom stereocenters. The summed E-state index contributed by atoms with van der Waals surface area (Å²) < 4.78 is 5.36. The van der Waals surface area contributed by atoms with Crippen LogP contribution in [0, 0.1) is 5.41 Å². The van der Waals surface area contributed by atoms with Crippen LogP contribution < -0.4 is 10.6 Å². The number of anilines is 2. The molecule has 132 valence electrons. The van der Waals surface area contributed by atoms with Gasteiger partial charge in [0.25, 0.3) is 0 Å². The van der Waals surface area contributed by atoms with Crippen molar-refractivity contribution in [2.75, 3.05) is 10.6 Å². The smallest absolute Gasteiger partial charge is 0.231 e. The van der Waals surface area contributed by atoms with Gasteiger partial charge in [0, 0.05) is 29.6 Å². The fourth-order valence-electron chi connectivity index (χ4n) is 2.55. The minimum Gasteiger partial charge on any atom is -0.354 e. The number of hydrogen-bond donors (Lipinski definition) is 2. The highest BCUT2D eigenvalue weighted by atomic mass is 16.5. The minimum atomic E-state index is -0.512. The van der Waals surface area contributed by atoms with Crippen molar-refractivity contribution in [1.82, 2.24) is 15.1 Å². The molecule has 0 fully saturated rings. The minimum absolute atomic E-state index is 0.120. The van der Waals surface area contributed by atoms with E-state index in [1.54, 1.807) is 12.4 Å². The first-order chi connectivity index (χ1) is 12.4. The summed E-state index contributed by atoms with van der Waals surface area (Å²) in [6.45, 7) is 6.04. The van der Waals surface area contributed by atoms with Crippen LogP contribution in [-0.2, 0) is 11.3 Å². The van der Waals surface area contributed by atoms with E-state index in [2.05, 4.69) is 30.8 Å². The molecule has 2 aromatic heterocycles. The van der Waals surface area contributed by atoms with Crippen LogP contribution in [0.5, 0.6) is 0 Å². The maximum atomic E-state index is 12.2. The highest BCUT2D eigenvalue weighted by molar-refractivity contribution is 6.10. The van der Waals surface area contributed by atoms with Crippen LogP contribution in [0.25, 0.3) is 11.0 Å². The highest BCUT2D eigenvalue weighted by Crippen LogP contribution is 2.28. The van der Waals surface area contributed by atoms with Crippen molar-refractivity contribution >= 4 is 34.2 Å². The number of nitrogens with zero attached hydrogens (tertiary/aromatic N) is 4. The maximum absolute atomic E-state index is 12.2. The van der Waals surface area contributed by atoms with Crippen LogP contribution in [0.4, 0.5) is 11.5 Å². The maximum Gasteiger partial charge on any atom is 0.231 e. The van der Waals surface area contributed by atoms with E-state index in [1.807, 2.05) is 39.0 Å². The first-order valence-corrected chi connectivity index (χ1v) is 8.24. The normalized spacial score (nSPS) is 13.4. The molecule has 0 aliphatic carbocycles. The van der Waals surface area contributed by atoms with Gasteiger partial charge in [0.05, 0.1) is 17.6 Å². The molecule has 1 aliphatic rings. The average Bonchev–Trinajstić information content (AvgIpc) is 3.19. The third-order valence-corrected chi connectivity index (χ3v) is 4.03. The number of nitrogens with one attached hydrogen (secondary N) is 2. The second kappa shape index (κ2) is 5.91. The second-order valence-electron chi connectivity index (χ2n) is 7.09. The van der Waals surface area contributed by atoms with Crippen molar-refractivity contribution in [2.24, 2.45) is 10.4 Å². The van der Waals surface area contributed by atoms with Gasteiger partial charge in [-0.15, -0.1) is 0 Å². The Labute approximate surface area is 149 Å². The molecule has 0 saturated heterocycles. The zero-order valence-electron chi connectivity index (χ0n) is 14.7. The molecular weight excluding hydrogens is 332 g/mol. The van der Waals surface area contributed by atoms with Crippen LogP contribution in [0.1, 0.15) is 32.2 Å². The third kappa shape index (κ3) is 2.90. The SMILES string of the molecule is CC(C)(C)C(=O)Nc1noc2cc(NC3=NCc4nccnc43)ccc12. The molecule has 2 N–H and O–H groups in total. The van der Waals surface area contributed by atoms with Crippen molar-refractivity contribution in [1.29, 1.82) is 0 Å².